The second kappa shape index (κ2) is 5.14. The Hall–Kier alpha value is -0.900. The number of hydrogen-bond acceptors (Lipinski definition) is 3. The van der Waals surface area contributed by atoms with Gasteiger partial charge in [-0.1, -0.05) is 31.2 Å². The highest BCUT2D eigenvalue weighted by atomic mass is 16.3. The van der Waals surface area contributed by atoms with E-state index in [9.17, 15) is 5.11 Å². The maximum absolute atomic E-state index is 11.5. The molecule has 1 heterocycles. The first-order valence-corrected chi connectivity index (χ1v) is 7.85. The van der Waals surface area contributed by atoms with Crippen LogP contribution in [0.3, 0.4) is 0 Å². The zero-order valence-corrected chi connectivity index (χ0v) is 12.4. The average molecular weight is 274 g/mol. The number of piperidine rings is 1. The summed E-state index contributed by atoms with van der Waals surface area (Å²) < 4.78 is 0. The zero-order chi connectivity index (χ0) is 14.2. The summed E-state index contributed by atoms with van der Waals surface area (Å²) in [7, 11) is 0. The lowest BCUT2D eigenvalue weighted by molar-refractivity contribution is -0.103. The third-order valence-corrected chi connectivity index (χ3v) is 5.71. The summed E-state index contributed by atoms with van der Waals surface area (Å²) in [5.74, 6) is 0.228. The molecule has 1 aromatic carbocycles. The number of nitrogens with two attached hydrogens (primary N) is 1. The van der Waals surface area contributed by atoms with Gasteiger partial charge in [0, 0.05) is 18.5 Å². The van der Waals surface area contributed by atoms with Gasteiger partial charge in [-0.05, 0) is 49.3 Å². The maximum Gasteiger partial charge on any atom is 0.0805 e. The van der Waals surface area contributed by atoms with Crippen LogP contribution >= 0.6 is 0 Å². The first-order chi connectivity index (χ1) is 9.64. The lowest BCUT2D eigenvalue weighted by atomic mass is 9.55. The van der Waals surface area contributed by atoms with Crippen LogP contribution in [-0.2, 0) is 11.8 Å². The molecular weight excluding hydrogens is 248 g/mol. The first kappa shape index (κ1) is 14.1. The summed E-state index contributed by atoms with van der Waals surface area (Å²) in [6.45, 7) is 4.44. The molecule has 0 aromatic heterocycles. The van der Waals surface area contributed by atoms with E-state index in [0.717, 1.165) is 38.8 Å². The normalized spacial score (nSPS) is 37.5. The van der Waals surface area contributed by atoms with Crippen LogP contribution in [-0.4, -0.2) is 30.3 Å². The monoisotopic (exact) mass is 274 g/mol. The molecule has 2 aliphatic rings. The van der Waals surface area contributed by atoms with Gasteiger partial charge in [0.15, 0.2) is 0 Å². The Bertz CT molecular complexity index is 490. The van der Waals surface area contributed by atoms with Gasteiger partial charge in [-0.15, -0.1) is 0 Å². The molecule has 0 radical (unpaired) electrons. The van der Waals surface area contributed by atoms with Crippen LogP contribution < -0.4 is 11.1 Å². The van der Waals surface area contributed by atoms with E-state index in [0.29, 0.717) is 6.54 Å². The van der Waals surface area contributed by atoms with Crippen LogP contribution in [0, 0.1) is 5.92 Å². The lowest BCUT2D eigenvalue weighted by Crippen LogP contribution is -2.65. The summed E-state index contributed by atoms with van der Waals surface area (Å²) in [5.41, 5.74) is 7.96. The van der Waals surface area contributed by atoms with E-state index in [1.165, 1.54) is 11.1 Å². The Morgan fingerprint density at radius 1 is 1.35 bits per heavy atom. The maximum atomic E-state index is 11.5. The summed E-state index contributed by atoms with van der Waals surface area (Å²) in [6.07, 6.45) is 4.03. The molecule has 3 rings (SSSR count). The first-order valence-electron chi connectivity index (χ1n) is 7.85. The molecule has 4 N–H and O–H groups in total. The van der Waals surface area contributed by atoms with Gasteiger partial charge in [-0.2, -0.15) is 0 Å². The highest BCUT2D eigenvalue weighted by Gasteiger charge is 2.55. The number of nitrogens with one attached hydrogen (secondary N) is 1. The predicted octanol–water partition coefficient (Wildman–Crippen LogP) is 1.58. The van der Waals surface area contributed by atoms with Crippen molar-refractivity contribution >= 4 is 0 Å². The standard InChI is InChI=1S/C17H26N2O/c1-13-11-19-10-9-17(13,20)16(12-18)8-4-6-14-5-2-3-7-15(14)16/h2-3,5,7,13,19-20H,4,6,8-12,18H2,1H3. The van der Waals surface area contributed by atoms with Gasteiger partial charge in [-0.3, -0.25) is 0 Å². The van der Waals surface area contributed by atoms with Crippen molar-refractivity contribution in [3.63, 3.8) is 0 Å². The van der Waals surface area contributed by atoms with Gasteiger partial charge in [0.2, 0.25) is 0 Å². The van der Waals surface area contributed by atoms with Gasteiger partial charge in [-0.25, -0.2) is 0 Å². The zero-order valence-electron chi connectivity index (χ0n) is 12.4. The fourth-order valence-electron chi connectivity index (χ4n) is 4.48. The fourth-order valence-corrected chi connectivity index (χ4v) is 4.48. The van der Waals surface area contributed by atoms with E-state index in [4.69, 9.17) is 5.73 Å². The molecule has 0 saturated carbocycles. The fraction of sp³-hybridized carbons (Fsp3) is 0.647. The van der Waals surface area contributed by atoms with E-state index in [2.05, 4.69) is 36.5 Å². The largest absolute Gasteiger partial charge is 0.389 e. The Balaban J connectivity index is 2.13. The molecule has 110 valence electrons. The van der Waals surface area contributed by atoms with Crippen molar-refractivity contribution in [2.75, 3.05) is 19.6 Å². The molecular formula is C17H26N2O. The topological polar surface area (TPSA) is 58.3 Å². The molecule has 3 unspecified atom stereocenters. The van der Waals surface area contributed by atoms with Gasteiger partial charge in [0.05, 0.1) is 5.60 Å². The Morgan fingerprint density at radius 2 is 2.15 bits per heavy atom. The van der Waals surface area contributed by atoms with E-state index in [-0.39, 0.29) is 11.3 Å². The van der Waals surface area contributed by atoms with Crippen LogP contribution in [0.15, 0.2) is 24.3 Å². The van der Waals surface area contributed by atoms with Crippen molar-refractivity contribution in [3.8, 4) is 0 Å². The molecule has 1 aromatic rings. The second-order valence-electron chi connectivity index (χ2n) is 6.58. The number of rotatable bonds is 2. The number of aryl methyl sites for hydroxylation is 1. The van der Waals surface area contributed by atoms with E-state index < -0.39 is 5.60 Å². The minimum absolute atomic E-state index is 0.228. The minimum atomic E-state index is -0.691. The number of fused-ring (bicyclic) bond motifs is 1. The highest BCUT2D eigenvalue weighted by Crippen LogP contribution is 2.49. The average Bonchev–Trinajstić information content (AvgIpc) is 2.49. The summed E-state index contributed by atoms with van der Waals surface area (Å²) >= 11 is 0. The third kappa shape index (κ3) is 1.84. The SMILES string of the molecule is CC1CNCCC1(O)C1(CN)CCCc2ccccc21. The molecule has 3 heteroatoms. The molecule has 1 saturated heterocycles. The number of aliphatic hydroxyl groups is 1. The molecule has 1 aliphatic carbocycles. The van der Waals surface area contributed by atoms with Crippen LogP contribution in [0.1, 0.15) is 37.3 Å². The van der Waals surface area contributed by atoms with Gasteiger partial charge >= 0.3 is 0 Å². The van der Waals surface area contributed by atoms with E-state index in [1.807, 2.05) is 0 Å². The van der Waals surface area contributed by atoms with Crippen LogP contribution in [0.5, 0.6) is 0 Å². The van der Waals surface area contributed by atoms with E-state index >= 15 is 0 Å². The smallest absolute Gasteiger partial charge is 0.0805 e. The quantitative estimate of drug-likeness (QED) is 0.767. The number of hydrogen-bond donors (Lipinski definition) is 3. The molecule has 0 amide bonds. The van der Waals surface area contributed by atoms with Gasteiger partial charge in [0.25, 0.3) is 0 Å². The molecule has 0 spiro atoms. The Morgan fingerprint density at radius 3 is 2.90 bits per heavy atom. The lowest BCUT2D eigenvalue weighted by Gasteiger charge is -2.54. The molecule has 3 atom stereocenters. The van der Waals surface area contributed by atoms with Crippen LogP contribution in [0.25, 0.3) is 0 Å². The van der Waals surface area contributed by atoms with Crippen molar-refractivity contribution in [3.05, 3.63) is 35.4 Å². The van der Waals surface area contributed by atoms with Gasteiger partial charge < -0.3 is 16.2 Å². The molecule has 3 nitrogen and oxygen atoms in total. The van der Waals surface area contributed by atoms with Gasteiger partial charge in [0.1, 0.15) is 0 Å². The van der Waals surface area contributed by atoms with Crippen molar-refractivity contribution in [1.82, 2.24) is 5.32 Å². The molecule has 1 aliphatic heterocycles. The Kier molecular flexibility index (Phi) is 3.61. The third-order valence-electron chi connectivity index (χ3n) is 5.71. The number of benzene rings is 1. The minimum Gasteiger partial charge on any atom is -0.389 e. The predicted molar refractivity (Wildman–Crippen MR) is 81.7 cm³/mol. The molecule has 0 bridgehead atoms. The summed E-state index contributed by atoms with van der Waals surface area (Å²) in [4.78, 5) is 0. The summed E-state index contributed by atoms with van der Waals surface area (Å²) in [6, 6.07) is 8.58. The second-order valence-corrected chi connectivity index (χ2v) is 6.58. The summed E-state index contributed by atoms with van der Waals surface area (Å²) in [5, 5.41) is 14.9. The van der Waals surface area contributed by atoms with Crippen molar-refractivity contribution in [2.24, 2.45) is 11.7 Å². The van der Waals surface area contributed by atoms with Crippen molar-refractivity contribution in [2.45, 2.75) is 43.6 Å². The van der Waals surface area contributed by atoms with Crippen LogP contribution in [0.2, 0.25) is 0 Å². The van der Waals surface area contributed by atoms with E-state index in [1.54, 1.807) is 0 Å². The van der Waals surface area contributed by atoms with Crippen molar-refractivity contribution in [1.29, 1.82) is 0 Å². The Labute approximate surface area is 121 Å². The van der Waals surface area contributed by atoms with Crippen molar-refractivity contribution < 1.29 is 5.11 Å². The molecule has 20 heavy (non-hydrogen) atoms. The highest BCUT2D eigenvalue weighted by molar-refractivity contribution is 5.41. The molecule has 1 fully saturated rings. The van der Waals surface area contributed by atoms with Crippen LogP contribution in [0.4, 0.5) is 0 Å².